The van der Waals surface area contributed by atoms with Crippen LogP contribution in [0.4, 0.5) is 0 Å². The highest BCUT2D eigenvalue weighted by Crippen LogP contribution is 2.25. The molecule has 7 heteroatoms. The lowest BCUT2D eigenvalue weighted by atomic mass is 10.0. The van der Waals surface area contributed by atoms with Gasteiger partial charge in [0, 0.05) is 30.6 Å². The first-order valence-corrected chi connectivity index (χ1v) is 10.1. The first kappa shape index (κ1) is 19.7. The fourth-order valence-corrected chi connectivity index (χ4v) is 4.26. The second-order valence-corrected chi connectivity index (χ2v) is 8.00. The number of carbonyl (C=O) groups excluding carboxylic acids is 2. The molecule has 4 rings (SSSR count). The molecule has 2 saturated heterocycles. The molecular weight excluding hydrogens is 390 g/mol. The van der Waals surface area contributed by atoms with E-state index in [0.717, 1.165) is 16.9 Å². The SMILES string of the molecule is COc1ccc(C[C@@H]2NC(=O)[C@@H]3C[C@H](NCc4cccc(Cl)c4)CN3C2=O)cc1. The topological polar surface area (TPSA) is 70.7 Å². The van der Waals surface area contributed by atoms with E-state index in [1.807, 2.05) is 48.5 Å². The second kappa shape index (κ2) is 8.43. The van der Waals surface area contributed by atoms with Crippen LogP contribution in [0.25, 0.3) is 0 Å². The lowest BCUT2D eigenvalue weighted by Gasteiger charge is -2.34. The molecule has 29 heavy (non-hydrogen) atoms. The van der Waals surface area contributed by atoms with Gasteiger partial charge in [0.05, 0.1) is 7.11 Å². The van der Waals surface area contributed by atoms with Crippen LogP contribution in [0.3, 0.4) is 0 Å². The zero-order chi connectivity index (χ0) is 20.4. The minimum absolute atomic E-state index is 0.0162. The van der Waals surface area contributed by atoms with Crippen LogP contribution in [0.2, 0.25) is 5.02 Å². The van der Waals surface area contributed by atoms with Crippen molar-refractivity contribution in [2.45, 2.75) is 37.5 Å². The number of hydrogen-bond donors (Lipinski definition) is 2. The van der Waals surface area contributed by atoms with E-state index in [4.69, 9.17) is 16.3 Å². The van der Waals surface area contributed by atoms with Gasteiger partial charge in [0.2, 0.25) is 11.8 Å². The smallest absolute Gasteiger partial charge is 0.246 e. The van der Waals surface area contributed by atoms with E-state index < -0.39 is 12.1 Å². The van der Waals surface area contributed by atoms with Crippen LogP contribution in [0.1, 0.15) is 17.5 Å². The largest absolute Gasteiger partial charge is 0.497 e. The Kier molecular flexibility index (Phi) is 5.74. The van der Waals surface area contributed by atoms with Gasteiger partial charge in [-0.25, -0.2) is 0 Å². The molecule has 0 radical (unpaired) electrons. The zero-order valence-corrected chi connectivity index (χ0v) is 17.0. The number of amides is 2. The third kappa shape index (κ3) is 4.38. The van der Waals surface area contributed by atoms with E-state index in [9.17, 15) is 9.59 Å². The molecule has 2 aliphatic heterocycles. The minimum atomic E-state index is -0.529. The molecule has 0 aliphatic carbocycles. The maximum atomic E-state index is 13.0. The zero-order valence-electron chi connectivity index (χ0n) is 16.2. The summed E-state index contributed by atoms with van der Waals surface area (Å²) >= 11 is 6.04. The average Bonchev–Trinajstić information content (AvgIpc) is 3.16. The van der Waals surface area contributed by atoms with E-state index in [1.54, 1.807) is 12.0 Å². The molecule has 2 fully saturated rings. The number of rotatable bonds is 6. The molecule has 2 amide bonds. The molecule has 2 aromatic rings. The average molecular weight is 414 g/mol. The molecule has 2 aromatic carbocycles. The number of halogens is 1. The summed E-state index contributed by atoms with van der Waals surface area (Å²) in [6.45, 7) is 1.19. The summed E-state index contributed by atoms with van der Waals surface area (Å²) in [5.41, 5.74) is 2.06. The Hall–Kier alpha value is -2.57. The predicted octanol–water partition coefficient (Wildman–Crippen LogP) is 2.15. The van der Waals surface area contributed by atoms with Gasteiger partial charge >= 0.3 is 0 Å². The lowest BCUT2D eigenvalue weighted by Crippen LogP contribution is -2.61. The van der Waals surface area contributed by atoms with Gasteiger partial charge in [-0.15, -0.1) is 0 Å². The van der Waals surface area contributed by atoms with Crippen LogP contribution < -0.4 is 15.4 Å². The number of nitrogens with zero attached hydrogens (tertiary/aromatic N) is 1. The van der Waals surface area contributed by atoms with E-state index in [1.165, 1.54) is 0 Å². The standard InChI is InChI=1S/C22H24ClN3O3/c1-29-18-7-5-14(6-8-18)10-19-22(28)26-13-17(11-20(26)21(27)25-19)24-12-15-3-2-4-16(23)9-15/h2-9,17,19-20,24H,10-13H2,1H3,(H,25,27)/t17-,19-,20-/m0/s1. The van der Waals surface area contributed by atoms with Crippen LogP contribution in [-0.2, 0) is 22.6 Å². The van der Waals surface area contributed by atoms with E-state index in [2.05, 4.69) is 10.6 Å². The molecule has 3 atom stereocenters. The van der Waals surface area contributed by atoms with Crippen molar-refractivity contribution in [3.05, 3.63) is 64.7 Å². The van der Waals surface area contributed by atoms with E-state index in [-0.39, 0.29) is 17.9 Å². The van der Waals surface area contributed by atoms with Crippen molar-refractivity contribution in [1.82, 2.24) is 15.5 Å². The summed E-state index contributed by atoms with van der Waals surface area (Å²) in [5, 5.41) is 7.06. The quantitative estimate of drug-likeness (QED) is 0.761. The van der Waals surface area contributed by atoms with Gasteiger partial charge in [-0.2, -0.15) is 0 Å². The molecule has 2 N–H and O–H groups in total. The number of fused-ring (bicyclic) bond motifs is 1. The number of methoxy groups -OCH3 is 1. The summed E-state index contributed by atoms with van der Waals surface area (Å²) in [4.78, 5) is 27.3. The number of piperazine rings is 1. The Balaban J connectivity index is 1.38. The van der Waals surface area contributed by atoms with Gasteiger partial charge < -0.3 is 20.3 Å². The van der Waals surface area contributed by atoms with Crippen molar-refractivity contribution in [3.63, 3.8) is 0 Å². The number of hydrogen-bond acceptors (Lipinski definition) is 4. The summed E-state index contributed by atoms with van der Waals surface area (Å²) in [5.74, 6) is 0.675. The molecule has 0 spiro atoms. The van der Waals surface area contributed by atoms with Crippen molar-refractivity contribution < 1.29 is 14.3 Å². The predicted molar refractivity (Wildman–Crippen MR) is 111 cm³/mol. The van der Waals surface area contributed by atoms with Crippen LogP contribution in [0.15, 0.2) is 48.5 Å². The number of carbonyl (C=O) groups is 2. The Morgan fingerprint density at radius 1 is 1.17 bits per heavy atom. The van der Waals surface area contributed by atoms with Crippen LogP contribution in [0.5, 0.6) is 5.75 Å². The van der Waals surface area contributed by atoms with Gasteiger partial charge in [-0.1, -0.05) is 35.9 Å². The molecule has 0 bridgehead atoms. The van der Waals surface area contributed by atoms with Crippen LogP contribution in [0, 0.1) is 0 Å². The molecule has 0 unspecified atom stereocenters. The first-order chi connectivity index (χ1) is 14.0. The molecule has 2 heterocycles. The van der Waals surface area contributed by atoms with E-state index in [0.29, 0.717) is 31.0 Å². The minimum Gasteiger partial charge on any atom is -0.497 e. The monoisotopic (exact) mass is 413 g/mol. The Morgan fingerprint density at radius 2 is 1.97 bits per heavy atom. The summed E-state index contributed by atoms with van der Waals surface area (Å²) in [6.07, 6.45) is 1.09. The maximum Gasteiger partial charge on any atom is 0.246 e. The van der Waals surface area contributed by atoms with Gasteiger partial charge in [-0.05, 0) is 41.8 Å². The fourth-order valence-electron chi connectivity index (χ4n) is 4.05. The molecular formula is C22H24ClN3O3. The number of nitrogens with one attached hydrogen (secondary N) is 2. The van der Waals surface area contributed by atoms with Crippen molar-refractivity contribution in [2.75, 3.05) is 13.7 Å². The first-order valence-electron chi connectivity index (χ1n) is 9.75. The third-order valence-corrected chi connectivity index (χ3v) is 5.82. The summed E-state index contributed by atoms with van der Waals surface area (Å²) in [7, 11) is 1.62. The Labute approximate surface area is 175 Å². The second-order valence-electron chi connectivity index (χ2n) is 7.56. The number of ether oxygens (including phenoxy) is 1. The van der Waals surface area contributed by atoms with Crippen LogP contribution in [-0.4, -0.2) is 48.5 Å². The summed E-state index contributed by atoms with van der Waals surface area (Å²) < 4.78 is 5.17. The lowest BCUT2D eigenvalue weighted by molar-refractivity contribution is -0.147. The normalized spacial score (nSPS) is 23.7. The van der Waals surface area contributed by atoms with Crippen molar-refractivity contribution in [1.29, 1.82) is 0 Å². The summed E-state index contributed by atoms with van der Waals surface area (Å²) in [6, 6.07) is 14.4. The highest BCUT2D eigenvalue weighted by atomic mass is 35.5. The van der Waals surface area contributed by atoms with Gasteiger partial charge in [0.25, 0.3) is 0 Å². The van der Waals surface area contributed by atoms with Crippen LogP contribution >= 0.6 is 11.6 Å². The van der Waals surface area contributed by atoms with E-state index >= 15 is 0 Å². The Bertz CT molecular complexity index is 902. The van der Waals surface area contributed by atoms with Gasteiger partial charge in [0.1, 0.15) is 17.8 Å². The third-order valence-electron chi connectivity index (χ3n) is 5.58. The van der Waals surface area contributed by atoms with Crippen molar-refractivity contribution >= 4 is 23.4 Å². The van der Waals surface area contributed by atoms with Crippen molar-refractivity contribution in [2.24, 2.45) is 0 Å². The van der Waals surface area contributed by atoms with Gasteiger partial charge in [0.15, 0.2) is 0 Å². The molecule has 6 nitrogen and oxygen atoms in total. The van der Waals surface area contributed by atoms with Crippen molar-refractivity contribution in [3.8, 4) is 5.75 Å². The molecule has 152 valence electrons. The number of benzene rings is 2. The highest BCUT2D eigenvalue weighted by molar-refractivity contribution is 6.30. The van der Waals surface area contributed by atoms with Gasteiger partial charge in [-0.3, -0.25) is 9.59 Å². The molecule has 2 aliphatic rings. The molecule has 0 aromatic heterocycles. The molecule has 0 saturated carbocycles. The fraction of sp³-hybridized carbons (Fsp3) is 0.364. The maximum absolute atomic E-state index is 13.0. The Morgan fingerprint density at radius 3 is 2.69 bits per heavy atom. The highest BCUT2D eigenvalue weighted by Gasteiger charge is 2.46.